The van der Waals surface area contributed by atoms with Crippen molar-refractivity contribution in [2.24, 2.45) is 10.3 Å². The predicted molar refractivity (Wildman–Crippen MR) is 153 cm³/mol. The topological polar surface area (TPSA) is 88.5 Å². The molecule has 8 nitrogen and oxygen atoms in total. The van der Waals surface area contributed by atoms with Crippen LogP contribution in [0.25, 0.3) is 11.1 Å². The number of aryl methyl sites for hydroxylation is 3. The Bertz CT molecular complexity index is 1370. The first-order valence-electron chi connectivity index (χ1n) is 13.8. The molecule has 0 spiro atoms. The molecule has 0 saturated carbocycles. The standard InChI is InChI=1S/C31H38FN5O3/c1-19-13-25(38-17-26-18-39-31(4,5)40-26)14-20(2)30(19)27-8-6-7-23(21(27)3)16-33-24-11-9-22(28(32)15-24)10-12-29-34-36-37-35-29/h6-9,11,13-15,26,29,33H,10,12,16-18H2,1-5H3,(H,34,37)(H,35,36)/t26-/m1/s1. The number of benzene rings is 3. The van der Waals surface area contributed by atoms with Crippen LogP contribution in [0.2, 0.25) is 0 Å². The molecular weight excluding hydrogens is 509 g/mol. The molecule has 0 aromatic heterocycles. The maximum absolute atomic E-state index is 14.8. The Balaban J connectivity index is 1.24. The first-order valence-corrected chi connectivity index (χ1v) is 13.8. The normalized spacial score (nSPS) is 19.6. The maximum Gasteiger partial charge on any atom is 0.163 e. The third-order valence-electron chi connectivity index (χ3n) is 7.43. The first kappa shape index (κ1) is 28.0. The number of nitrogens with zero attached hydrogens (tertiary/aromatic N) is 2. The molecule has 40 heavy (non-hydrogen) atoms. The Morgan fingerprint density at radius 3 is 2.55 bits per heavy atom. The minimum absolute atomic E-state index is 0.0783. The van der Waals surface area contributed by atoms with Gasteiger partial charge in [0.05, 0.1) is 6.61 Å². The van der Waals surface area contributed by atoms with E-state index >= 15 is 0 Å². The molecule has 9 heteroatoms. The summed E-state index contributed by atoms with van der Waals surface area (Å²) in [4.78, 5) is 0. The summed E-state index contributed by atoms with van der Waals surface area (Å²) in [5.41, 5.74) is 14.0. The Labute approximate surface area is 235 Å². The fourth-order valence-electron chi connectivity index (χ4n) is 5.32. The summed E-state index contributed by atoms with van der Waals surface area (Å²) in [7, 11) is 0. The van der Waals surface area contributed by atoms with Gasteiger partial charge in [0.25, 0.3) is 0 Å². The van der Waals surface area contributed by atoms with Crippen LogP contribution in [0, 0.1) is 26.6 Å². The van der Waals surface area contributed by atoms with E-state index in [-0.39, 0.29) is 18.1 Å². The summed E-state index contributed by atoms with van der Waals surface area (Å²) >= 11 is 0. The van der Waals surface area contributed by atoms with E-state index in [0.717, 1.165) is 28.1 Å². The molecule has 0 aliphatic carbocycles. The Hall–Kier alpha value is -3.53. The summed E-state index contributed by atoms with van der Waals surface area (Å²) in [5, 5.41) is 11.1. The van der Waals surface area contributed by atoms with Crippen molar-refractivity contribution < 1.29 is 18.6 Å². The smallest absolute Gasteiger partial charge is 0.163 e. The molecule has 3 aromatic rings. The number of hydrogen-bond acceptors (Lipinski definition) is 8. The van der Waals surface area contributed by atoms with Gasteiger partial charge in [-0.3, -0.25) is 0 Å². The molecule has 2 aliphatic heterocycles. The van der Waals surface area contributed by atoms with Gasteiger partial charge in [0, 0.05) is 12.2 Å². The van der Waals surface area contributed by atoms with Gasteiger partial charge in [-0.15, -0.1) is 5.11 Å². The molecule has 212 valence electrons. The third kappa shape index (κ3) is 6.60. The van der Waals surface area contributed by atoms with Crippen LogP contribution < -0.4 is 21.0 Å². The fourth-order valence-corrected chi connectivity index (χ4v) is 5.32. The molecule has 1 saturated heterocycles. The lowest BCUT2D eigenvalue weighted by Gasteiger charge is -2.19. The molecule has 2 aliphatic rings. The van der Waals surface area contributed by atoms with Crippen molar-refractivity contribution in [3.63, 3.8) is 0 Å². The quantitative estimate of drug-likeness (QED) is 0.276. The number of anilines is 1. The lowest BCUT2D eigenvalue weighted by Crippen LogP contribution is -2.30. The number of nitrogens with one attached hydrogen (secondary N) is 3. The lowest BCUT2D eigenvalue weighted by atomic mass is 9.90. The van der Waals surface area contributed by atoms with E-state index < -0.39 is 5.79 Å². The van der Waals surface area contributed by atoms with Gasteiger partial charge in [-0.25, -0.2) is 9.93 Å². The summed E-state index contributed by atoms with van der Waals surface area (Å²) in [6, 6.07) is 15.8. The zero-order valence-electron chi connectivity index (χ0n) is 23.8. The molecule has 0 bridgehead atoms. The highest BCUT2D eigenvalue weighted by molar-refractivity contribution is 5.75. The van der Waals surface area contributed by atoms with E-state index in [1.165, 1.54) is 16.7 Å². The second-order valence-electron chi connectivity index (χ2n) is 11.0. The van der Waals surface area contributed by atoms with E-state index in [2.05, 4.69) is 77.7 Å². The SMILES string of the molecule is Cc1cc(OC[C@@H]2COC(C)(C)O2)cc(C)c1-c1cccc(CNc2ccc(CCC3N=NNN3)c(F)c2)c1C. The molecule has 0 amide bonds. The molecule has 2 heterocycles. The van der Waals surface area contributed by atoms with Gasteiger partial charge in [-0.05, 0) is 111 Å². The van der Waals surface area contributed by atoms with Crippen LogP contribution >= 0.6 is 0 Å². The van der Waals surface area contributed by atoms with Crippen LogP contribution in [-0.2, 0) is 22.4 Å². The molecule has 3 aromatic carbocycles. The van der Waals surface area contributed by atoms with Crippen molar-refractivity contribution in [3.8, 4) is 16.9 Å². The third-order valence-corrected chi connectivity index (χ3v) is 7.43. The van der Waals surface area contributed by atoms with Crippen molar-refractivity contribution >= 4 is 5.69 Å². The summed E-state index contributed by atoms with van der Waals surface area (Å²) in [6.07, 6.45) is 1.04. The lowest BCUT2D eigenvalue weighted by molar-refractivity contribution is -0.141. The maximum atomic E-state index is 14.8. The van der Waals surface area contributed by atoms with Crippen molar-refractivity contribution in [2.45, 2.75) is 72.1 Å². The van der Waals surface area contributed by atoms with Gasteiger partial charge < -0.3 is 19.5 Å². The van der Waals surface area contributed by atoms with Gasteiger partial charge in [-0.2, -0.15) is 5.43 Å². The van der Waals surface area contributed by atoms with Crippen molar-refractivity contribution in [3.05, 3.63) is 82.2 Å². The zero-order chi connectivity index (χ0) is 28.3. The second-order valence-corrected chi connectivity index (χ2v) is 11.0. The van der Waals surface area contributed by atoms with Crippen molar-refractivity contribution in [1.82, 2.24) is 11.0 Å². The Morgan fingerprint density at radius 2 is 1.88 bits per heavy atom. The minimum Gasteiger partial charge on any atom is -0.491 e. The van der Waals surface area contributed by atoms with Crippen LogP contribution in [-0.4, -0.2) is 31.3 Å². The van der Waals surface area contributed by atoms with E-state index in [9.17, 15) is 4.39 Å². The van der Waals surface area contributed by atoms with Crippen molar-refractivity contribution in [2.75, 3.05) is 18.5 Å². The Kier molecular flexibility index (Phi) is 8.35. The molecule has 2 atom stereocenters. The van der Waals surface area contributed by atoms with Crippen molar-refractivity contribution in [1.29, 1.82) is 0 Å². The molecule has 1 unspecified atom stereocenters. The van der Waals surface area contributed by atoms with E-state index in [1.54, 1.807) is 6.07 Å². The zero-order valence-corrected chi connectivity index (χ0v) is 23.8. The monoisotopic (exact) mass is 547 g/mol. The molecule has 0 radical (unpaired) electrons. The van der Waals surface area contributed by atoms with E-state index in [4.69, 9.17) is 14.2 Å². The van der Waals surface area contributed by atoms with Crippen LogP contribution in [0.3, 0.4) is 0 Å². The summed E-state index contributed by atoms with van der Waals surface area (Å²) in [6.45, 7) is 11.8. The predicted octanol–water partition coefficient (Wildman–Crippen LogP) is 6.29. The number of ether oxygens (including phenoxy) is 3. The minimum atomic E-state index is -0.558. The molecular formula is C31H38FN5O3. The number of hydrazine groups is 1. The van der Waals surface area contributed by atoms with Gasteiger partial charge in [0.1, 0.15) is 30.4 Å². The molecule has 5 rings (SSSR count). The average molecular weight is 548 g/mol. The number of hydrogen-bond donors (Lipinski definition) is 3. The highest BCUT2D eigenvalue weighted by atomic mass is 19.1. The highest BCUT2D eigenvalue weighted by Gasteiger charge is 2.33. The first-order chi connectivity index (χ1) is 19.2. The van der Waals surface area contributed by atoms with Crippen LogP contribution in [0.4, 0.5) is 10.1 Å². The van der Waals surface area contributed by atoms with Crippen LogP contribution in [0.1, 0.15) is 48.1 Å². The van der Waals surface area contributed by atoms with E-state index in [0.29, 0.717) is 38.2 Å². The Morgan fingerprint density at radius 1 is 1.07 bits per heavy atom. The van der Waals surface area contributed by atoms with Gasteiger partial charge >= 0.3 is 0 Å². The van der Waals surface area contributed by atoms with Crippen LogP contribution in [0.15, 0.2) is 58.9 Å². The largest absolute Gasteiger partial charge is 0.491 e. The van der Waals surface area contributed by atoms with Gasteiger partial charge in [0.2, 0.25) is 0 Å². The van der Waals surface area contributed by atoms with E-state index in [1.807, 2.05) is 26.0 Å². The summed E-state index contributed by atoms with van der Waals surface area (Å²) < 4.78 is 32.3. The number of rotatable bonds is 10. The average Bonchev–Trinajstić information content (AvgIpc) is 3.56. The van der Waals surface area contributed by atoms with Gasteiger partial charge in [-0.1, -0.05) is 29.5 Å². The van der Waals surface area contributed by atoms with Gasteiger partial charge in [0.15, 0.2) is 5.79 Å². The fraction of sp³-hybridized carbons (Fsp3) is 0.419. The second kappa shape index (κ2) is 11.9. The summed E-state index contributed by atoms with van der Waals surface area (Å²) in [5.74, 6) is 0.0494. The molecule has 3 N–H and O–H groups in total. The highest BCUT2D eigenvalue weighted by Crippen LogP contribution is 2.35. The molecule has 1 fully saturated rings. The van der Waals surface area contributed by atoms with Crippen LogP contribution in [0.5, 0.6) is 5.75 Å². The number of halogens is 1.